The van der Waals surface area contributed by atoms with E-state index in [4.69, 9.17) is 4.74 Å². The first-order valence-corrected chi connectivity index (χ1v) is 11.3. The van der Waals surface area contributed by atoms with Gasteiger partial charge < -0.3 is 0 Å². The summed E-state index contributed by atoms with van der Waals surface area (Å²) in [5, 5.41) is 25.6. The number of aliphatic carboxylic acids is 1. The number of carbonyl (C=O) groups is 3. The molecule has 0 unspecified atom stereocenters. The molecule has 2 atom stereocenters. The van der Waals surface area contributed by atoms with Crippen LogP contribution in [0.15, 0.2) is 30.3 Å². The fourth-order valence-corrected chi connectivity index (χ4v) is 3.48. The summed E-state index contributed by atoms with van der Waals surface area (Å²) in [6.45, 7) is 3.42. The van der Waals surface area contributed by atoms with E-state index in [2.05, 4.69) is 26.2 Å². The minimum absolute atomic E-state index is 0.0463. The van der Waals surface area contributed by atoms with Gasteiger partial charge in [0, 0.05) is 0 Å². The predicted octanol–water partition coefficient (Wildman–Crippen LogP) is 0.0577. The second-order valence-electron chi connectivity index (χ2n) is 6.91. The summed E-state index contributed by atoms with van der Waals surface area (Å²) in [5.74, 6) is -1.49. The molecule has 0 saturated carbocycles. The molecule has 1 aromatic carbocycles. The van der Waals surface area contributed by atoms with Crippen LogP contribution in [0.4, 0.5) is 4.79 Å². The molecule has 0 spiro atoms. The average Bonchev–Trinajstić information content (AvgIpc) is 3.12. The molecule has 2 rings (SSSR count). The molecule has 11 nitrogen and oxygen atoms in total. The first-order chi connectivity index (χ1) is 14.3. The summed E-state index contributed by atoms with van der Waals surface area (Å²) in [5.41, 5.74) is 0.801. The number of carbonyl (C=O) groups excluding carboxylic acids is 2. The molecular weight excluding hydrogens is 585 g/mol. The first kappa shape index (κ1) is 23.7. The van der Waals surface area contributed by atoms with Gasteiger partial charge >= 0.3 is 184 Å². The van der Waals surface area contributed by atoms with Crippen molar-refractivity contribution in [1.82, 2.24) is 28.7 Å². The maximum atomic E-state index is 12.7. The number of amides is 2. The molecule has 3 N–H and O–H groups in total. The van der Waals surface area contributed by atoms with Crippen LogP contribution in [-0.4, -0.2) is 79.2 Å². The van der Waals surface area contributed by atoms with E-state index >= 15 is 0 Å². The molecule has 0 bridgehead atoms. The van der Waals surface area contributed by atoms with Crippen molar-refractivity contribution in [3.63, 3.8) is 0 Å². The third kappa shape index (κ3) is 7.35. The van der Waals surface area contributed by atoms with E-state index in [0.29, 0.717) is 38.3 Å². The van der Waals surface area contributed by atoms with E-state index in [1.54, 1.807) is 16.3 Å². The molecule has 30 heavy (non-hydrogen) atoms. The Balaban J connectivity index is 2.03. The van der Waals surface area contributed by atoms with Crippen molar-refractivity contribution in [2.75, 3.05) is 0 Å². The zero-order valence-electron chi connectivity index (χ0n) is 16.7. The number of aryl methyl sites for hydroxylation is 1. The molecule has 1 heterocycles. The van der Waals surface area contributed by atoms with Crippen molar-refractivity contribution in [2.24, 2.45) is 5.92 Å². The Labute approximate surface area is 189 Å². The number of aromatic nitrogens is 4. The molecule has 0 fully saturated rings. The van der Waals surface area contributed by atoms with Crippen molar-refractivity contribution in [2.45, 2.75) is 45.4 Å². The van der Waals surface area contributed by atoms with Gasteiger partial charge in [-0.2, -0.15) is 0 Å². The second kappa shape index (κ2) is 11.6. The molecule has 1 aromatic heterocycles. The maximum absolute atomic E-state index is 12.7. The van der Waals surface area contributed by atoms with Gasteiger partial charge in [-0.15, -0.1) is 0 Å². The molecule has 158 valence electrons. The fourth-order valence-electron chi connectivity index (χ4n) is 2.59. The molecule has 0 aliphatic carbocycles. The van der Waals surface area contributed by atoms with Gasteiger partial charge in [-0.25, -0.2) is 0 Å². The van der Waals surface area contributed by atoms with Crippen molar-refractivity contribution in [3.05, 3.63) is 41.7 Å². The fraction of sp³-hybridized carbons (Fsp3) is 0.444. The summed E-state index contributed by atoms with van der Waals surface area (Å²) >= 11 is 0.355. The number of benzene rings is 1. The van der Waals surface area contributed by atoms with Crippen LogP contribution in [0.25, 0.3) is 0 Å². The van der Waals surface area contributed by atoms with E-state index in [9.17, 15) is 19.5 Å². The molecule has 0 aliphatic heterocycles. The SMILES string of the molecule is CC(C)[C@H](NC(=O)[C@H](CCc1nnn[n]1[Tl])NC(=O)OCc1ccccc1)C(=O)O. The summed E-state index contributed by atoms with van der Waals surface area (Å²) < 4.78 is 6.81. The predicted molar refractivity (Wildman–Crippen MR) is 105 cm³/mol. The zero-order valence-corrected chi connectivity index (χ0v) is 21.2. The van der Waals surface area contributed by atoms with E-state index < -0.39 is 30.1 Å². The van der Waals surface area contributed by atoms with Gasteiger partial charge in [0.25, 0.3) is 0 Å². The first-order valence-electron chi connectivity index (χ1n) is 9.30. The Morgan fingerprint density at radius 1 is 1.20 bits per heavy atom. The molecule has 0 saturated heterocycles. The van der Waals surface area contributed by atoms with Crippen molar-refractivity contribution in [3.8, 4) is 0 Å². The number of hydrogen-bond donors (Lipinski definition) is 3. The number of carboxylic acids is 1. The van der Waals surface area contributed by atoms with E-state index in [0.717, 1.165) is 5.56 Å². The number of nitrogens with zero attached hydrogens (tertiary/aromatic N) is 4. The third-order valence-corrected chi connectivity index (χ3v) is 5.83. The van der Waals surface area contributed by atoms with Crippen molar-refractivity contribution in [1.29, 1.82) is 0 Å². The van der Waals surface area contributed by atoms with Gasteiger partial charge in [0.15, 0.2) is 0 Å². The Morgan fingerprint density at radius 3 is 2.47 bits per heavy atom. The van der Waals surface area contributed by atoms with E-state index in [1.807, 2.05) is 30.3 Å². The standard InChI is InChI=1S/C18H24N6O5.Tl/c1-11(2)15(17(26)27)20-16(25)13(8-9-14-21-23-24-22-14)19-18(28)29-10-12-6-4-3-5-7-12;/h3-7,11,13,15H,8-10H2,1-2H3,(H4,19,20,21,22,23,24,25,26,27,28);/q;+1/p-1/t13-,15-;/m0./s1. The normalized spacial score (nSPS) is 12.7. The number of tetrazole rings is 1. The van der Waals surface area contributed by atoms with Crippen LogP contribution < -0.4 is 10.6 Å². The minimum atomic E-state index is -1.14. The van der Waals surface area contributed by atoms with Crippen LogP contribution in [0, 0.1) is 5.92 Å². The second-order valence-corrected chi connectivity index (χ2v) is 8.81. The van der Waals surface area contributed by atoms with E-state index in [1.165, 1.54) is 0 Å². The molecule has 2 amide bonds. The van der Waals surface area contributed by atoms with Crippen LogP contribution in [0.5, 0.6) is 0 Å². The summed E-state index contributed by atoms with van der Waals surface area (Å²) in [7, 11) is 0. The van der Waals surface area contributed by atoms with Crippen LogP contribution in [0.2, 0.25) is 0 Å². The number of hydrogen-bond acceptors (Lipinski definition) is 7. The number of nitrogens with one attached hydrogen (secondary N) is 2. The van der Waals surface area contributed by atoms with Crippen molar-refractivity contribution >= 4 is 44.0 Å². The van der Waals surface area contributed by atoms with Crippen LogP contribution in [0.1, 0.15) is 31.7 Å². The van der Waals surface area contributed by atoms with Crippen LogP contribution in [-0.2, 0) is 27.4 Å². The Kier molecular flexibility index (Phi) is 9.14. The molecular formula is C18H23N6O5Tl. The Bertz CT molecular complexity index is 860. The monoisotopic (exact) mass is 608 g/mol. The summed E-state index contributed by atoms with van der Waals surface area (Å²) in [6, 6.07) is 7.03. The average molecular weight is 608 g/mol. The zero-order chi connectivity index (χ0) is 22.1. The number of alkyl carbamates (subject to hydrolysis) is 1. The number of carboxylic acid groups (broad SMARTS) is 1. The molecule has 2 aromatic rings. The van der Waals surface area contributed by atoms with Crippen LogP contribution in [0.3, 0.4) is 0 Å². The van der Waals surface area contributed by atoms with Gasteiger partial charge in [-0.1, -0.05) is 6.07 Å². The van der Waals surface area contributed by atoms with Crippen LogP contribution >= 0.6 is 0 Å². The summed E-state index contributed by atoms with van der Waals surface area (Å²) in [6.07, 6.45) is -0.258. The molecule has 0 aliphatic rings. The quantitative estimate of drug-likeness (QED) is 0.321. The van der Waals surface area contributed by atoms with Gasteiger partial charge in [0.05, 0.1) is 0 Å². The summed E-state index contributed by atoms with van der Waals surface area (Å²) in [4.78, 5) is 36.4. The van der Waals surface area contributed by atoms with Crippen molar-refractivity contribution < 1.29 is 24.2 Å². The van der Waals surface area contributed by atoms with Gasteiger partial charge in [-0.05, 0) is 0 Å². The van der Waals surface area contributed by atoms with E-state index in [-0.39, 0.29) is 18.9 Å². The Morgan fingerprint density at radius 2 is 1.90 bits per heavy atom. The van der Waals surface area contributed by atoms with Gasteiger partial charge in [0.1, 0.15) is 0 Å². The Hall–Kier alpha value is -2.58. The third-order valence-electron chi connectivity index (χ3n) is 4.27. The molecule has 12 heteroatoms. The number of rotatable bonds is 10. The topological polar surface area (TPSA) is 148 Å². The molecule has 0 radical (unpaired) electrons. The van der Waals surface area contributed by atoms with Gasteiger partial charge in [0.2, 0.25) is 0 Å². The number of ether oxygens (including phenoxy) is 1. The van der Waals surface area contributed by atoms with Gasteiger partial charge in [-0.3, -0.25) is 0 Å².